The summed E-state index contributed by atoms with van der Waals surface area (Å²) in [6.45, 7) is 1.57. The van der Waals surface area contributed by atoms with Crippen molar-refractivity contribution in [1.29, 1.82) is 0 Å². The molecule has 0 fully saturated rings. The molecule has 2 aromatic carbocycles. The molecule has 0 bridgehead atoms. The van der Waals surface area contributed by atoms with E-state index in [1.807, 2.05) is 24.3 Å². The first-order chi connectivity index (χ1) is 12.8. The van der Waals surface area contributed by atoms with Crippen LogP contribution in [0.25, 0.3) is 11.1 Å². The van der Waals surface area contributed by atoms with E-state index in [1.54, 1.807) is 31.2 Å². The molecule has 0 radical (unpaired) electrons. The van der Waals surface area contributed by atoms with Gasteiger partial charge >= 0.3 is 156 Å². The fourth-order valence-electron chi connectivity index (χ4n) is 3.49. The zero-order valence-corrected chi connectivity index (χ0v) is 15.7. The van der Waals surface area contributed by atoms with Crippen molar-refractivity contribution in [3.63, 3.8) is 0 Å². The average Bonchev–Trinajstić information content (AvgIpc) is 2.61. The molecule has 0 saturated heterocycles. The van der Waals surface area contributed by atoms with Gasteiger partial charge in [-0.2, -0.15) is 0 Å². The van der Waals surface area contributed by atoms with Gasteiger partial charge in [0.15, 0.2) is 0 Å². The molecule has 2 aromatic rings. The van der Waals surface area contributed by atoms with Crippen LogP contribution in [0.4, 0.5) is 0 Å². The summed E-state index contributed by atoms with van der Waals surface area (Å²) in [7, 11) is -3.88. The van der Waals surface area contributed by atoms with Crippen molar-refractivity contribution in [1.82, 2.24) is 0 Å². The van der Waals surface area contributed by atoms with E-state index < -0.39 is 37.8 Å². The second-order valence-corrected chi connectivity index (χ2v) is 9.07. The first-order valence-electron chi connectivity index (χ1n) is 8.51. The maximum absolute atomic E-state index is 12.0. The summed E-state index contributed by atoms with van der Waals surface area (Å²) in [5.74, 6) is -2.32. The van der Waals surface area contributed by atoms with Crippen LogP contribution in [0.5, 0.6) is 5.75 Å². The Balaban J connectivity index is 2.12. The molecule has 0 aromatic heterocycles. The van der Waals surface area contributed by atoms with Gasteiger partial charge in [0.05, 0.1) is 0 Å². The maximum atomic E-state index is 12.0. The van der Waals surface area contributed by atoms with E-state index in [1.165, 1.54) is 0 Å². The molecule has 144 valence electrons. The zero-order valence-electron chi connectivity index (χ0n) is 14.7. The van der Waals surface area contributed by atoms with Crippen molar-refractivity contribution in [2.75, 3.05) is 12.8 Å². The molecular weight excluding hydrogens is 371 g/mol. The average molecular weight is 392 g/mol. The molecule has 1 unspecified atom stereocenters. The summed E-state index contributed by atoms with van der Waals surface area (Å²) in [6.07, 6.45) is -1.22. The predicted octanol–water partition coefficient (Wildman–Crippen LogP) is 2.28. The third kappa shape index (κ3) is 3.54. The molecule has 1 heterocycles. The number of ether oxygens (including phenoxy) is 1. The number of hydrogen-bond donors (Lipinski definition) is 3. The van der Waals surface area contributed by atoms with Crippen LogP contribution in [-0.4, -0.2) is 45.4 Å². The van der Waals surface area contributed by atoms with Gasteiger partial charge < -0.3 is 0 Å². The first kappa shape index (κ1) is 19.3. The van der Waals surface area contributed by atoms with Crippen molar-refractivity contribution >= 4 is 25.0 Å². The number of carboxylic acid groups (broad SMARTS) is 2. The number of aliphatic carboxylic acids is 2. The van der Waals surface area contributed by atoms with Crippen LogP contribution in [0.3, 0.4) is 0 Å². The number of benzene rings is 2. The summed E-state index contributed by atoms with van der Waals surface area (Å²) in [5.41, 5.74) is -0.540. The number of para-hydroxylation sites is 1. The molecule has 1 atom stereocenters. The molecule has 0 amide bonds. The standard InChI is InChI=1S/C19H21O7P/c1-2-25-19(18(22)23,11-17(20)21)12-27(24)16-10-6-4-8-14(16)13-7-3-5-9-15(13)26-27/h3-10,24,27H,2,11-12H2,1H3,(H,20,21)(H,22,23). The van der Waals surface area contributed by atoms with E-state index in [2.05, 4.69) is 0 Å². The van der Waals surface area contributed by atoms with E-state index in [9.17, 15) is 24.7 Å². The van der Waals surface area contributed by atoms with Gasteiger partial charge in [-0.25, -0.2) is 0 Å². The van der Waals surface area contributed by atoms with Crippen LogP contribution in [0, 0.1) is 0 Å². The monoisotopic (exact) mass is 392 g/mol. The fraction of sp³-hybridized carbons (Fsp3) is 0.263. The molecule has 3 N–H and O–H groups in total. The van der Waals surface area contributed by atoms with Crippen LogP contribution in [0.2, 0.25) is 0 Å². The molecule has 27 heavy (non-hydrogen) atoms. The molecule has 0 saturated carbocycles. The number of rotatable bonds is 7. The Bertz CT molecular complexity index is 884. The third-order valence-electron chi connectivity index (χ3n) is 4.58. The van der Waals surface area contributed by atoms with E-state index in [0.29, 0.717) is 11.1 Å². The molecule has 8 heteroatoms. The Morgan fingerprint density at radius 1 is 1.07 bits per heavy atom. The predicted molar refractivity (Wildman–Crippen MR) is 102 cm³/mol. The van der Waals surface area contributed by atoms with E-state index in [4.69, 9.17) is 9.26 Å². The first-order valence-corrected chi connectivity index (χ1v) is 10.6. The second kappa shape index (κ2) is 7.27. The fourth-order valence-corrected chi connectivity index (χ4v) is 6.55. The van der Waals surface area contributed by atoms with Crippen molar-refractivity contribution < 1.29 is 34.0 Å². The van der Waals surface area contributed by atoms with Crippen molar-refractivity contribution in [2.24, 2.45) is 0 Å². The summed E-state index contributed by atoms with van der Waals surface area (Å²) in [4.78, 5) is 34.8. The van der Waals surface area contributed by atoms with E-state index >= 15 is 0 Å². The number of fused-ring (bicyclic) bond motifs is 3. The van der Waals surface area contributed by atoms with Crippen LogP contribution >= 0.6 is 7.72 Å². The minimum absolute atomic E-state index is 0.0116. The van der Waals surface area contributed by atoms with E-state index in [-0.39, 0.29) is 6.61 Å². The molecule has 0 aliphatic carbocycles. The van der Waals surface area contributed by atoms with Gasteiger partial charge in [-0.1, -0.05) is 0 Å². The SMILES string of the molecule is CCOC(CC(=O)O)(C[PH]1(O)Oc2ccccc2-c2ccccc21)C(=O)O. The molecular formula is C19H21O7P. The summed E-state index contributed by atoms with van der Waals surface area (Å²) in [5, 5.41) is 19.5. The van der Waals surface area contributed by atoms with Gasteiger partial charge in [-0.3, -0.25) is 0 Å². The number of carboxylic acids is 2. The van der Waals surface area contributed by atoms with Crippen molar-refractivity contribution in [2.45, 2.75) is 18.9 Å². The normalized spacial score (nSPS) is 17.6. The van der Waals surface area contributed by atoms with Crippen molar-refractivity contribution in [3.05, 3.63) is 48.5 Å². The van der Waals surface area contributed by atoms with Gasteiger partial charge in [0.2, 0.25) is 0 Å². The minimum atomic E-state index is -3.88. The topological polar surface area (TPSA) is 113 Å². The number of hydrogen-bond acceptors (Lipinski definition) is 5. The summed E-state index contributed by atoms with van der Waals surface area (Å²) < 4.78 is 11.3. The molecule has 0 spiro atoms. The molecule has 3 rings (SSSR count). The second-order valence-electron chi connectivity index (χ2n) is 6.41. The number of carbonyl (C=O) groups is 2. The van der Waals surface area contributed by atoms with Crippen LogP contribution in [-0.2, 0) is 14.3 Å². The summed E-state index contributed by atoms with van der Waals surface area (Å²) >= 11 is 0. The summed E-state index contributed by atoms with van der Waals surface area (Å²) in [6, 6.07) is 14.2. The van der Waals surface area contributed by atoms with Crippen molar-refractivity contribution in [3.8, 4) is 16.9 Å². The van der Waals surface area contributed by atoms with Crippen LogP contribution in [0.1, 0.15) is 13.3 Å². The van der Waals surface area contributed by atoms with Gasteiger partial charge in [-0.05, 0) is 0 Å². The third-order valence-corrected chi connectivity index (χ3v) is 7.46. The molecule has 1 aliphatic heterocycles. The Labute approximate surface area is 156 Å². The molecule has 1 aliphatic rings. The quantitative estimate of drug-likeness (QED) is 0.620. The zero-order chi connectivity index (χ0) is 19.7. The molecule has 7 nitrogen and oxygen atoms in total. The Morgan fingerprint density at radius 3 is 2.33 bits per heavy atom. The Kier molecular flexibility index (Phi) is 5.20. The van der Waals surface area contributed by atoms with Gasteiger partial charge in [0.1, 0.15) is 0 Å². The van der Waals surface area contributed by atoms with Gasteiger partial charge in [0, 0.05) is 0 Å². The van der Waals surface area contributed by atoms with E-state index in [0.717, 1.165) is 11.1 Å². The Hall–Kier alpha value is -2.47. The van der Waals surface area contributed by atoms with Crippen LogP contribution < -0.4 is 9.83 Å². The van der Waals surface area contributed by atoms with Gasteiger partial charge in [0.25, 0.3) is 0 Å². The van der Waals surface area contributed by atoms with Crippen LogP contribution in [0.15, 0.2) is 48.5 Å². The van der Waals surface area contributed by atoms with Gasteiger partial charge in [-0.15, -0.1) is 0 Å². The Morgan fingerprint density at radius 2 is 1.70 bits per heavy atom.